The highest BCUT2D eigenvalue weighted by Gasteiger charge is 2.07. The van der Waals surface area contributed by atoms with E-state index in [1.165, 1.54) is 26.6 Å². The Labute approximate surface area is 98.2 Å². The minimum absolute atomic E-state index is 0.990. The Hall–Kier alpha value is -0.800. The maximum atomic E-state index is 3.66. The summed E-state index contributed by atoms with van der Waals surface area (Å²) in [7, 11) is 1.97. The van der Waals surface area contributed by atoms with Gasteiger partial charge in [-0.3, -0.25) is 0 Å². The van der Waals surface area contributed by atoms with Crippen LogP contribution in [0.15, 0.2) is 22.7 Å². The molecule has 0 aliphatic carbocycles. The first kappa shape index (κ1) is 10.7. The molecular weight excluding hydrogens is 252 g/mol. The van der Waals surface area contributed by atoms with Crippen LogP contribution in [0.5, 0.6) is 0 Å². The SMILES string of the molecule is CNCCc1[nH]c2ccc(C)cc2c1Br. The number of hydrogen-bond acceptors (Lipinski definition) is 1. The quantitative estimate of drug-likeness (QED) is 0.879. The van der Waals surface area contributed by atoms with Crippen LogP contribution in [0, 0.1) is 6.92 Å². The summed E-state index contributed by atoms with van der Waals surface area (Å²) in [6.07, 6.45) is 1.02. The summed E-state index contributed by atoms with van der Waals surface area (Å²) in [5.41, 5.74) is 3.77. The first-order valence-electron chi connectivity index (χ1n) is 5.13. The second-order valence-electron chi connectivity index (χ2n) is 3.82. The van der Waals surface area contributed by atoms with Crippen LogP contribution < -0.4 is 5.32 Å². The fraction of sp³-hybridized carbons (Fsp3) is 0.333. The van der Waals surface area contributed by atoms with Crippen molar-refractivity contribution in [1.82, 2.24) is 10.3 Å². The summed E-state index contributed by atoms with van der Waals surface area (Å²) in [6, 6.07) is 6.48. The van der Waals surface area contributed by atoms with Crippen LogP contribution in [0.25, 0.3) is 10.9 Å². The van der Waals surface area contributed by atoms with Gasteiger partial charge in [0.15, 0.2) is 0 Å². The molecule has 3 heteroatoms. The summed E-state index contributed by atoms with van der Waals surface area (Å²) in [4.78, 5) is 3.44. The number of aryl methyl sites for hydroxylation is 1. The van der Waals surface area contributed by atoms with Crippen molar-refractivity contribution in [2.24, 2.45) is 0 Å². The lowest BCUT2D eigenvalue weighted by molar-refractivity contribution is 0.779. The van der Waals surface area contributed by atoms with Crippen molar-refractivity contribution in [2.75, 3.05) is 13.6 Å². The molecule has 0 saturated carbocycles. The lowest BCUT2D eigenvalue weighted by Crippen LogP contribution is -2.10. The van der Waals surface area contributed by atoms with Crippen molar-refractivity contribution in [3.8, 4) is 0 Å². The van der Waals surface area contributed by atoms with Gasteiger partial charge in [-0.2, -0.15) is 0 Å². The Morgan fingerprint density at radius 1 is 1.40 bits per heavy atom. The number of H-pyrrole nitrogens is 1. The third-order valence-corrected chi connectivity index (χ3v) is 3.49. The topological polar surface area (TPSA) is 27.8 Å². The minimum Gasteiger partial charge on any atom is -0.357 e. The van der Waals surface area contributed by atoms with Crippen molar-refractivity contribution in [3.05, 3.63) is 33.9 Å². The van der Waals surface area contributed by atoms with E-state index in [1.807, 2.05) is 7.05 Å². The van der Waals surface area contributed by atoms with Gasteiger partial charge in [-0.15, -0.1) is 0 Å². The highest BCUT2D eigenvalue weighted by Crippen LogP contribution is 2.28. The highest BCUT2D eigenvalue weighted by molar-refractivity contribution is 9.10. The van der Waals surface area contributed by atoms with E-state index in [0.29, 0.717) is 0 Å². The average Bonchev–Trinajstić information content (AvgIpc) is 2.53. The molecule has 0 saturated heterocycles. The van der Waals surface area contributed by atoms with E-state index in [0.717, 1.165) is 13.0 Å². The Kier molecular flexibility index (Phi) is 3.12. The zero-order valence-corrected chi connectivity index (χ0v) is 10.6. The Morgan fingerprint density at radius 3 is 2.93 bits per heavy atom. The molecule has 0 spiro atoms. The fourth-order valence-corrected chi connectivity index (χ4v) is 2.38. The minimum atomic E-state index is 0.990. The standard InChI is InChI=1S/C12H15BrN2/c1-8-3-4-10-9(7-8)12(13)11(15-10)5-6-14-2/h3-4,7,14-15H,5-6H2,1-2H3. The molecule has 2 nitrogen and oxygen atoms in total. The number of aromatic amines is 1. The van der Waals surface area contributed by atoms with Crippen LogP contribution in [0.2, 0.25) is 0 Å². The molecule has 80 valence electrons. The number of nitrogens with one attached hydrogen (secondary N) is 2. The molecule has 0 atom stereocenters. The predicted molar refractivity (Wildman–Crippen MR) is 68.4 cm³/mol. The molecule has 15 heavy (non-hydrogen) atoms. The fourth-order valence-electron chi connectivity index (χ4n) is 1.75. The van der Waals surface area contributed by atoms with Crippen LogP contribution >= 0.6 is 15.9 Å². The number of fused-ring (bicyclic) bond motifs is 1. The van der Waals surface area contributed by atoms with Crippen LogP contribution in [-0.4, -0.2) is 18.6 Å². The molecule has 0 fully saturated rings. The van der Waals surface area contributed by atoms with Gasteiger partial charge in [-0.1, -0.05) is 11.6 Å². The summed E-state index contributed by atoms with van der Waals surface area (Å²) in [5, 5.41) is 4.44. The molecule has 1 aromatic heterocycles. The maximum absolute atomic E-state index is 3.66. The molecule has 2 N–H and O–H groups in total. The Balaban J connectivity index is 2.45. The number of benzene rings is 1. The molecule has 0 bridgehead atoms. The maximum Gasteiger partial charge on any atom is 0.0468 e. The molecule has 0 aliphatic heterocycles. The van der Waals surface area contributed by atoms with E-state index >= 15 is 0 Å². The average molecular weight is 267 g/mol. The molecule has 2 aromatic rings. The van der Waals surface area contributed by atoms with Gasteiger partial charge < -0.3 is 10.3 Å². The molecule has 0 unspecified atom stereocenters. The van der Waals surface area contributed by atoms with Crippen molar-refractivity contribution < 1.29 is 0 Å². The first-order valence-corrected chi connectivity index (χ1v) is 5.93. The highest BCUT2D eigenvalue weighted by atomic mass is 79.9. The van der Waals surface area contributed by atoms with Crippen LogP contribution in [-0.2, 0) is 6.42 Å². The Bertz CT molecular complexity index is 474. The largest absolute Gasteiger partial charge is 0.357 e. The smallest absolute Gasteiger partial charge is 0.0468 e. The van der Waals surface area contributed by atoms with E-state index < -0.39 is 0 Å². The molecular formula is C12H15BrN2. The van der Waals surface area contributed by atoms with Crippen LogP contribution in [0.4, 0.5) is 0 Å². The summed E-state index contributed by atoms with van der Waals surface area (Å²) in [5.74, 6) is 0. The van der Waals surface area contributed by atoms with Gasteiger partial charge in [0.25, 0.3) is 0 Å². The summed E-state index contributed by atoms with van der Waals surface area (Å²) in [6.45, 7) is 3.11. The molecule has 2 rings (SSSR count). The molecule has 1 aromatic carbocycles. The third kappa shape index (κ3) is 2.08. The number of likely N-dealkylation sites (N-methyl/N-ethyl adjacent to an activating group) is 1. The number of aromatic nitrogens is 1. The van der Waals surface area contributed by atoms with Gasteiger partial charge in [0, 0.05) is 34.0 Å². The van der Waals surface area contributed by atoms with Crippen LogP contribution in [0.1, 0.15) is 11.3 Å². The lowest BCUT2D eigenvalue weighted by Gasteiger charge is -1.97. The van der Waals surface area contributed by atoms with Crippen molar-refractivity contribution >= 4 is 26.8 Å². The zero-order chi connectivity index (χ0) is 10.8. The third-order valence-electron chi connectivity index (χ3n) is 2.59. The molecule has 0 amide bonds. The second kappa shape index (κ2) is 4.37. The van der Waals surface area contributed by atoms with E-state index in [9.17, 15) is 0 Å². The van der Waals surface area contributed by atoms with E-state index in [2.05, 4.69) is 51.4 Å². The van der Waals surface area contributed by atoms with Gasteiger partial charge in [0.05, 0.1) is 0 Å². The van der Waals surface area contributed by atoms with Crippen molar-refractivity contribution in [1.29, 1.82) is 0 Å². The summed E-state index contributed by atoms with van der Waals surface area (Å²) < 4.78 is 1.21. The number of halogens is 1. The van der Waals surface area contributed by atoms with Gasteiger partial charge in [-0.25, -0.2) is 0 Å². The van der Waals surface area contributed by atoms with Gasteiger partial charge >= 0.3 is 0 Å². The van der Waals surface area contributed by atoms with Crippen molar-refractivity contribution in [2.45, 2.75) is 13.3 Å². The van der Waals surface area contributed by atoms with Gasteiger partial charge in [-0.05, 0) is 42.0 Å². The number of rotatable bonds is 3. The zero-order valence-electron chi connectivity index (χ0n) is 9.02. The second-order valence-corrected chi connectivity index (χ2v) is 4.61. The monoisotopic (exact) mass is 266 g/mol. The van der Waals surface area contributed by atoms with E-state index in [-0.39, 0.29) is 0 Å². The number of hydrogen-bond donors (Lipinski definition) is 2. The Morgan fingerprint density at radius 2 is 2.20 bits per heavy atom. The van der Waals surface area contributed by atoms with Gasteiger partial charge in [0.2, 0.25) is 0 Å². The van der Waals surface area contributed by atoms with Crippen LogP contribution in [0.3, 0.4) is 0 Å². The van der Waals surface area contributed by atoms with E-state index in [4.69, 9.17) is 0 Å². The van der Waals surface area contributed by atoms with Crippen molar-refractivity contribution in [3.63, 3.8) is 0 Å². The van der Waals surface area contributed by atoms with E-state index in [1.54, 1.807) is 0 Å². The van der Waals surface area contributed by atoms with Gasteiger partial charge in [0.1, 0.15) is 0 Å². The predicted octanol–water partition coefficient (Wildman–Crippen LogP) is 3.00. The normalized spacial score (nSPS) is 11.1. The first-order chi connectivity index (χ1) is 7.22. The summed E-state index contributed by atoms with van der Waals surface area (Å²) >= 11 is 3.66. The molecule has 0 radical (unpaired) electrons. The molecule has 1 heterocycles. The molecule has 0 aliphatic rings. The lowest BCUT2D eigenvalue weighted by atomic mass is 10.2.